The molecule has 0 amide bonds. The van der Waals surface area contributed by atoms with Crippen LogP contribution in [0.15, 0.2) is 12.3 Å². The molecule has 3 aromatic rings. The summed E-state index contributed by atoms with van der Waals surface area (Å²) in [5.74, 6) is 0.497. The molecule has 32 heavy (non-hydrogen) atoms. The van der Waals surface area contributed by atoms with Gasteiger partial charge in [-0.1, -0.05) is 6.42 Å². The minimum absolute atomic E-state index is 0.0848. The van der Waals surface area contributed by atoms with Crippen LogP contribution in [-0.4, -0.2) is 42.3 Å². The molecule has 1 aliphatic heterocycles. The van der Waals surface area contributed by atoms with Gasteiger partial charge in [0.2, 0.25) is 0 Å². The molecule has 2 aliphatic carbocycles. The molecule has 0 radical (unpaired) electrons. The molecule has 0 saturated heterocycles. The topological polar surface area (TPSA) is 72.0 Å². The summed E-state index contributed by atoms with van der Waals surface area (Å²) in [6.07, 6.45) is 9.87. The van der Waals surface area contributed by atoms with E-state index in [1.165, 1.54) is 42.6 Å². The Labute approximate surface area is 189 Å². The van der Waals surface area contributed by atoms with Crippen molar-refractivity contribution >= 4 is 16.7 Å². The van der Waals surface area contributed by atoms with Gasteiger partial charge >= 0.3 is 0 Å². The number of aromatic nitrogens is 5. The van der Waals surface area contributed by atoms with Crippen molar-refractivity contribution in [1.82, 2.24) is 24.5 Å². The molecule has 2 fully saturated rings. The summed E-state index contributed by atoms with van der Waals surface area (Å²) in [5, 5.41) is 21.0. The Kier molecular flexibility index (Phi) is 4.61. The van der Waals surface area contributed by atoms with Crippen molar-refractivity contribution in [3.05, 3.63) is 34.9 Å². The van der Waals surface area contributed by atoms with Gasteiger partial charge in [0, 0.05) is 50.1 Å². The number of anilines is 1. The van der Waals surface area contributed by atoms with Crippen molar-refractivity contribution in [3.8, 4) is 0 Å². The van der Waals surface area contributed by atoms with E-state index < -0.39 is 0 Å². The van der Waals surface area contributed by atoms with Crippen molar-refractivity contribution in [2.45, 2.75) is 78.0 Å². The lowest BCUT2D eigenvalue weighted by Crippen LogP contribution is -2.43. The van der Waals surface area contributed by atoms with Crippen LogP contribution in [0.3, 0.4) is 0 Å². The molecule has 4 heterocycles. The predicted octanol–water partition coefficient (Wildman–Crippen LogP) is 3.68. The first-order valence-corrected chi connectivity index (χ1v) is 12.2. The smallest absolute Gasteiger partial charge is 0.159 e. The summed E-state index contributed by atoms with van der Waals surface area (Å²) in [6.45, 7) is 7.13. The third-order valence-corrected chi connectivity index (χ3v) is 8.46. The fourth-order valence-corrected chi connectivity index (χ4v) is 6.77. The lowest BCUT2D eigenvalue weighted by molar-refractivity contribution is -0.0350. The molecule has 7 nitrogen and oxygen atoms in total. The molecule has 2 bridgehead atoms. The summed E-state index contributed by atoms with van der Waals surface area (Å²) in [6, 6.07) is 2.20. The molecular formula is C25H34N6O. The van der Waals surface area contributed by atoms with Gasteiger partial charge in [-0.25, -0.2) is 4.98 Å². The van der Waals surface area contributed by atoms with Crippen molar-refractivity contribution < 1.29 is 5.11 Å². The van der Waals surface area contributed by atoms with Crippen molar-refractivity contribution in [2.75, 3.05) is 11.4 Å². The zero-order valence-corrected chi connectivity index (χ0v) is 19.5. The molecule has 3 unspecified atom stereocenters. The van der Waals surface area contributed by atoms with Gasteiger partial charge in [-0.15, -0.1) is 0 Å². The van der Waals surface area contributed by atoms with Crippen LogP contribution in [0.1, 0.15) is 61.2 Å². The molecule has 3 aliphatic rings. The zero-order chi connectivity index (χ0) is 22.0. The highest BCUT2D eigenvalue weighted by molar-refractivity contribution is 5.89. The fourth-order valence-electron chi connectivity index (χ4n) is 6.77. The highest BCUT2D eigenvalue weighted by Gasteiger charge is 2.44. The molecule has 170 valence electrons. The maximum atomic E-state index is 10.4. The third kappa shape index (κ3) is 3.16. The molecule has 3 atom stereocenters. The van der Waals surface area contributed by atoms with E-state index in [1.807, 2.05) is 17.9 Å². The lowest BCUT2D eigenvalue weighted by Gasteiger charge is -2.47. The summed E-state index contributed by atoms with van der Waals surface area (Å²) < 4.78 is 4.21. The van der Waals surface area contributed by atoms with Gasteiger partial charge in [0.05, 0.1) is 29.1 Å². The van der Waals surface area contributed by atoms with Gasteiger partial charge in [0.15, 0.2) is 5.65 Å². The van der Waals surface area contributed by atoms with Crippen molar-refractivity contribution in [3.63, 3.8) is 0 Å². The average molecular weight is 435 g/mol. The number of nitrogens with zero attached hydrogens (tertiary/aromatic N) is 6. The lowest BCUT2D eigenvalue weighted by atomic mass is 9.61. The van der Waals surface area contributed by atoms with Gasteiger partial charge in [0.25, 0.3) is 0 Å². The third-order valence-electron chi connectivity index (χ3n) is 8.46. The molecule has 0 spiro atoms. The molecule has 2 saturated carbocycles. The number of hydrogen-bond acceptors (Lipinski definition) is 5. The van der Waals surface area contributed by atoms with Crippen LogP contribution >= 0.6 is 0 Å². The second-order valence-electron chi connectivity index (χ2n) is 10.6. The Morgan fingerprint density at radius 1 is 1.22 bits per heavy atom. The van der Waals surface area contributed by atoms with Crippen LogP contribution < -0.4 is 4.90 Å². The summed E-state index contributed by atoms with van der Waals surface area (Å²) in [4.78, 5) is 7.17. The maximum Gasteiger partial charge on any atom is 0.159 e. The number of aryl methyl sites for hydroxylation is 3. The minimum Gasteiger partial charge on any atom is -0.393 e. The average Bonchev–Trinajstić information content (AvgIpc) is 3.30. The Bertz CT molecular complexity index is 1180. The monoisotopic (exact) mass is 434 g/mol. The SMILES string of the molecule is Cc1cc(N2CCc3c(c(C)nn3CC34CCCC(C3)C(O)CC4)C2)c2cnn(C)c2n1. The molecular weight excluding hydrogens is 400 g/mol. The summed E-state index contributed by atoms with van der Waals surface area (Å²) >= 11 is 0. The van der Waals surface area contributed by atoms with Crippen LogP contribution in [0, 0.1) is 25.2 Å². The summed E-state index contributed by atoms with van der Waals surface area (Å²) in [7, 11) is 1.96. The van der Waals surface area contributed by atoms with E-state index in [-0.39, 0.29) is 6.10 Å². The van der Waals surface area contributed by atoms with Crippen molar-refractivity contribution in [1.29, 1.82) is 0 Å². The van der Waals surface area contributed by atoms with Gasteiger partial charge in [-0.2, -0.15) is 10.2 Å². The normalized spacial score (nSPS) is 27.7. The quantitative estimate of drug-likeness (QED) is 0.681. The van der Waals surface area contributed by atoms with E-state index in [4.69, 9.17) is 10.1 Å². The van der Waals surface area contributed by atoms with E-state index in [1.54, 1.807) is 0 Å². The van der Waals surface area contributed by atoms with Crippen LogP contribution in [0.4, 0.5) is 5.69 Å². The summed E-state index contributed by atoms with van der Waals surface area (Å²) in [5.41, 5.74) is 7.52. The first kappa shape index (κ1) is 20.2. The molecule has 3 aromatic heterocycles. The van der Waals surface area contributed by atoms with Gasteiger partial charge in [0.1, 0.15) is 0 Å². The maximum absolute atomic E-state index is 10.4. The van der Waals surface area contributed by atoms with Crippen LogP contribution in [0.2, 0.25) is 0 Å². The van der Waals surface area contributed by atoms with E-state index in [0.717, 1.165) is 61.3 Å². The number of hydrogen-bond donors (Lipinski definition) is 1. The van der Waals surface area contributed by atoms with E-state index >= 15 is 0 Å². The molecule has 0 aromatic carbocycles. The minimum atomic E-state index is -0.0848. The zero-order valence-electron chi connectivity index (χ0n) is 19.5. The second-order valence-corrected chi connectivity index (χ2v) is 10.6. The van der Waals surface area contributed by atoms with Gasteiger partial charge < -0.3 is 10.0 Å². The number of aliphatic hydroxyl groups is 1. The first-order chi connectivity index (χ1) is 15.4. The largest absolute Gasteiger partial charge is 0.393 e. The highest BCUT2D eigenvalue weighted by atomic mass is 16.3. The van der Waals surface area contributed by atoms with Crippen LogP contribution in [0.5, 0.6) is 0 Å². The Morgan fingerprint density at radius 2 is 2.09 bits per heavy atom. The van der Waals surface area contributed by atoms with Gasteiger partial charge in [-0.3, -0.25) is 9.36 Å². The predicted molar refractivity (Wildman–Crippen MR) is 125 cm³/mol. The number of aliphatic hydroxyl groups excluding tert-OH is 1. The highest BCUT2D eigenvalue weighted by Crippen LogP contribution is 2.50. The second kappa shape index (κ2) is 7.30. The number of rotatable bonds is 3. The number of pyridine rings is 1. The fraction of sp³-hybridized carbons (Fsp3) is 0.640. The van der Waals surface area contributed by atoms with Crippen LogP contribution in [-0.2, 0) is 26.6 Å². The van der Waals surface area contributed by atoms with Crippen molar-refractivity contribution in [2.24, 2.45) is 18.4 Å². The van der Waals surface area contributed by atoms with E-state index in [0.29, 0.717) is 11.3 Å². The molecule has 6 rings (SSSR count). The van der Waals surface area contributed by atoms with E-state index in [2.05, 4.69) is 34.6 Å². The first-order valence-electron chi connectivity index (χ1n) is 12.2. The Hall–Kier alpha value is -2.41. The van der Waals surface area contributed by atoms with E-state index in [9.17, 15) is 5.11 Å². The molecule has 7 heteroatoms. The van der Waals surface area contributed by atoms with Crippen LogP contribution in [0.25, 0.3) is 11.0 Å². The molecule has 1 N–H and O–H groups in total. The Morgan fingerprint density at radius 3 is 2.97 bits per heavy atom. The van der Waals surface area contributed by atoms with Gasteiger partial charge in [-0.05, 0) is 63.4 Å². The standard InChI is InChI=1S/C25H34N6O/c1-16-11-22(19-13-26-29(3)24(19)27-16)30-10-7-21-20(14-30)17(2)28-31(21)15-25-8-4-5-18(12-25)23(32)6-9-25/h11,13,18,23,32H,4-10,12,14-15H2,1-3H3. The number of fused-ring (bicyclic) bond motifs is 4. The Balaban J connectivity index is 1.30.